The van der Waals surface area contributed by atoms with Crippen molar-refractivity contribution in [3.8, 4) is 0 Å². The number of hydrogen-bond acceptors (Lipinski definition) is 0. The van der Waals surface area contributed by atoms with Crippen LogP contribution in [0.2, 0.25) is 0 Å². The standard InChI is InChI=1S/C16H24I/c1-3-4-16-13-8-10-5-11(9-13)7-12(6-10)14(16)15(16)17-2/h3-4,10-15H,5-9H2,1-2H3/q-1/b4-3+. The topological polar surface area (TPSA) is 0 Å². The van der Waals surface area contributed by atoms with Crippen LogP contribution in [-0.4, -0.2) is 8.86 Å². The number of hydrogen-bond donors (Lipinski definition) is 0. The Bertz CT molecular complexity index is 343. The SMILES string of the molecule is C/C=C/C12C3CC4CC(CC(C4)C1C2[I-]C)C3. The first-order valence-corrected chi connectivity index (χ1v) is 10.8. The Morgan fingerprint density at radius 1 is 1.06 bits per heavy atom. The van der Waals surface area contributed by atoms with Crippen molar-refractivity contribution in [2.45, 2.75) is 43.0 Å². The van der Waals surface area contributed by atoms with Crippen LogP contribution in [0.15, 0.2) is 12.2 Å². The molecule has 17 heavy (non-hydrogen) atoms. The fraction of sp³-hybridized carbons (Fsp3) is 0.875. The van der Waals surface area contributed by atoms with E-state index in [2.05, 4.69) is 24.0 Å². The van der Waals surface area contributed by atoms with E-state index in [0.717, 1.165) is 38.9 Å². The van der Waals surface area contributed by atoms with Crippen LogP contribution in [0.5, 0.6) is 0 Å². The molecule has 0 amide bonds. The third-order valence-corrected chi connectivity index (χ3v) is 9.54. The summed E-state index contributed by atoms with van der Waals surface area (Å²) in [4.78, 5) is 2.54. The number of halogens is 1. The first-order chi connectivity index (χ1) is 8.29. The first kappa shape index (κ1) is 11.3. The van der Waals surface area contributed by atoms with Gasteiger partial charge >= 0.3 is 116 Å². The molecule has 5 saturated carbocycles. The second kappa shape index (κ2) is 3.74. The Hall–Kier alpha value is 0.470. The molecular formula is C16H24I-. The van der Waals surface area contributed by atoms with Crippen molar-refractivity contribution >= 4 is 0 Å². The van der Waals surface area contributed by atoms with Gasteiger partial charge in [0.2, 0.25) is 0 Å². The molecule has 4 bridgehead atoms. The fourth-order valence-electron chi connectivity index (χ4n) is 6.11. The van der Waals surface area contributed by atoms with Gasteiger partial charge in [-0.15, -0.1) is 0 Å². The van der Waals surface area contributed by atoms with Gasteiger partial charge in [-0.2, -0.15) is 0 Å². The summed E-state index contributed by atoms with van der Waals surface area (Å²) in [5.41, 5.74) is 0.728. The van der Waals surface area contributed by atoms with Crippen LogP contribution in [-0.2, 0) is 0 Å². The van der Waals surface area contributed by atoms with Crippen LogP contribution in [0.4, 0.5) is 0 Å². The zero-order chi connectivity index (χ0) is 11.6. The molecule has 5 atom stereocenters. The van der Waals surface area contributed by atoms with Crippen molar-refractivity contribution in [1.29, 1.82) is 0 Å². The predicted molar refractivity (Wildman–Crippen MR) is 67.5 cm³/mol. The van der Waals surface area contributed by atoms with Gasteiger partial charge < -0.3 is 0 Å². The molecule has 0 aromatic heterocycles. The van der Waals surface area contributed by atoms with Gasteiger partial charge in [-0.25, -0.2) is 0 Å². The summed E-state index contributed by atoms with van der Waals surface area (Å²) in [6.07, 6.45) is 13.1. The van der Waals surface area contributed by atoms with Gasteiger partial charge in [0.1, 0.15) is 0 Å². The van der Waals surface area contributed by atoms with Crippen molar-refractivity contribution in [2.24, 2.45) is 35.0 Å². The molecule has 0 nitrogen and oxygen atoms in total. The van der Waals surface area contributed by atoms with E-state index >= 15 is 0 Å². The molecule has 0 aromatic rings. The van der Waals surface area contributed by atoms with Gasteiger partial charge in [-0.1, -0.05) is 0 Å². The van der Waals surface area contributed by atoms with Crippen LogP contribution in [0.1, 0.15) is 39.0 Å². The molecule has 0 aliphatic heterocycles. The summed E-state index contributed by atoms with van der Waals surface area (Å²) in [7, 11) is 0. The molecule has 0 aromatic carbocycles. The minimum absolute atomic E-state index is 0.454. The van der Waals surface area contributed by atoms with Gasteiger partial charge in [-0.05, 0) is 0 Å². The van der Waals surface area contributed by atoms with E-state index in [9.17, 15) is 0 Å². The number of allylic oxidation sites excluding steroid dienone is 2. The molecule has 0 spiro atoms. The van der Waals surface area contributed by atoms with Crippen LogP contribution >= 0.6 is 0 Å². The molecule has 0 saturated heterocycles. The molecule has 5 aliphatic carbocycles. The Morgan fingerprint density at radius 2 is 1.76 bits per heavy atom. The summed E-state index contributed by atoms with van der Waals surface area (Å²) >= 11 is 0.454. The zero-order valence-corrected chi connectivity index (χ0v) is 13.2. The maximum atomic E-state index is 2.68. The first-order valence-electron chi connectivity index (χ1n) is 7.41. The molecule has 5 unspecified atom stereocenters. The normalized spacial score (nSPS) is 59.6. The van der Waals surface area contributed by atoms with Crippen molar-refractivity contribution in [2.75, 3.05) is 4.93 Å². The molecule has 5 rings (SSSR count). The van der Waals surface area contributed by atoms with E-state index in [-0.39, 0.29) is 0 Å². The average Bonchev–Trinajstić information content (AvgIpc) is 2.98. The molecule has 96 valence electrons. The summed E-state index contributed by atoms with van der Waals surface area (Å²) in [6, 6.07) is 0. The van der Waals surface area contributed by atoms with Gasteiger partial charge in [0.15, 0.2) is 0 Å². The van der Waals surface area contributed by atoms with E-state index in [0.29, 0.717) is 21.2 Å². The van der Waals surface area contributed by atoms with Gasteiger partial charge in [-0.3, -0.25) is 0 Å². The Balaban J connectivity index is 1.77. The Morgan fingerprint density at radius 3 is 2.35 bits per heavy atom. The second-order valence-corrected chi connectivity index (χ2v) is 9.60. The quantitative estimate of drug-likeness (QED) is 0.394. The fourth-order valence-corrected chi connectivity index (χ4v) is 10.1. The molecule has 5 fully saturated rings. The molecule has 5 aliphatic rings. The zero-order valence-electron chi connectivity index (χ0n) is 11.0. The van der Waals surface area contributed by atoms with E-state index in [1.807, 2.05) is 0 Å². The summed E-state index contributed by atoms with van der Waals surface area (Å²) in [5, 5.41) is 0. The summed E-state index contributed by atoms with van der Waals surface area (Å²) < 4.78 is 1.16. The monoisotopic (exact) mass is 343 g/mol. The molecule has 1 heteroatoms. The van der Waals surface area contributed by atoms with Crippen LogP contribution in [0, 0.1) is 35.0 Å². The van der Waals surface area contributed by atoms with Crippen LogP contribution in [0.3, 0.4) is 0 Å². The molecule has 0 heterocycles. The van der Waals surface area contributed by atoms with Crippen LogP contribution in [0.25, 0.3) is 0 Å². The number of alkyl halides is 2. The Labute approximate surface area is 116 Å². The van der Waals surface area contributed by atoms with E-state index in [1.165, 1.54) is 0 Å². The molecular weight excluding hydrogens is 319 g/mol. The molecule has 0 radical (unpaired) electrons. The predicted octanol–water partition coefficient (Wildman–Crippen LogP) is 0.722. The van der Waals surface area contributed by atoms with Gasteiger partial charge in [0.05, 0.1) is 0 Å². The summed E-state index contributed by atoms with van der Waals surface area (Å²) in [6.45, 7) is 2.25. The second-order valence-electron chi connectivity index (χ2n) is 7.01. The summed E-state index contributed by atoms with van der Waals surface area (Å²) in [5.74, 6) is 5.61. The maximum absolute atomic E-state index is 2.68. The van der Waals surface area contributed by atoms with Gasteiger partial charge in [0.25, 0.3) is 0 Å². The van der Waals surface area contributed by atoms with Crippen molar-refractivity contribution in [3.05, 3.63) is 12.2 Å². The third kappa shape index (κ3) is 1.35. The van der Waals surface area contributed by atoms with Gasteiger partial charge in [0, 0.05) is 0 Å². The third-order valence-electron chi connectivity index (χ3n) is 6.34. The molecule has 0 N–H and O–H groups in total. The Kier molecular flexibility index (Phi) is 2.49. The van der Waals surface area contributed by atoms with Crippen molar-refractivity contribution in [1.82, 2.24) is 0 Å². The van der Waals surface area contributed by atoms with Crippen LogP contribution < -0.4 is 21.2 Å². The minimum atomic E-state index is 0.454. The number of rotatable bonds is 2. The van der Waals surface area contributed by atoms with Crippen molar-refractivity contribution < 1.29 is 21.2 Å². The average molecular weight is 343 g/mol. The van der Waals surface area contributed by atoms with E-state index < -0.39 is 0 Å². The van der Waals surface area contributed by atoms with E-state index in [1.54, 1.807) is 32.1 Å². The van der Waals surface area contributed by atoms with E-state index in [4.69, 9.17) is 0 Å². The van der Waals surface area contributed by atoms with Crippen molar-refractivity contribution in [3.63, 3.8) is 0 Å².